The zero-order valence-electron chi connectivity index (χ0n) is 26.6. The number of phenols is 1. The maximum absolute atomic E-state index is 12.9. The van der Waals surface area contributed by atoms with E-state index in [1.807, 2.05) is 12.1 Å². The van der Waals surface area contributed by atoms with Gasteiger partial charge in [-0.05, 0) is 80.3 Å². The lowest BCUT2D eigenvalue weighted by Gasteiger charge is -2.27. The molecule has 0 unspecified atom stereocenters. The Balaban J connectivity index is 0.00000451. The second kappa shape index (κ2) is 15.9. The topological polar surface area (TPSA) is 88.8 Å². The number of nitrogens with one attached hydrogen (secondary N) is 1. The first-order chi connectivity index (χ1) is 23.0. The lowest BCUT2D eigenvalue weighted by Crippen LogP contribution is -3.00. The molecule has 0 aliphatic heterocycles. The lowest BCUT2D eigenvalue weighted by atomic mass is 10.0. The Morgan fingerprint density at radius 3 is 1.88 bits per heavy atom. The van der Waals surface area contributed by atoms with E-state index in [0.29, 0.717) is 17.9 Å². The highest BCUT2D eigenvalue weighted by atomic mass is 79.9. The number of ether oxygens (including phenoxy) is 1. The van der Waals surface area contributed by atoms with E-state index in [4.69, 9.17) is 9.15 Å². The van der Waals surface area contributed by atoms with Crippen LogP contribution in [0.25, 0.3) is 22.3 Å². The van der Waals surface area contributed by atoms with Crippen LogP contribution in [0, 0.1) is 0 Å². The molecule has 1 aromatic heterocycles. The Kier molecular flexibility index (Phi) is 11.5. The number of aryl methyl sites for hydroxylation is 1. The number of amides is 1. The summed E-state index contributed by atoms with van der Waals surface area (Å²) in [5.41, 5.74) is 1.58. The summed E-state index contributed by atoms with van der Waals surface area (Å²) in [5, 5.41) is 17.7. The second-order valence-corrected chi connectivity index (χ2v) is 15.0. The normalized spacial score (nSPS) is 11.1. The van der Waals surface area contributed by atoms with Crippen molar-refractivity contribution in [3.8, 4) is 22.8 Å². The molecule has 6 rings (SSSR count). The molecule has 6 aromatic rings. The number of hydrogen-bond donors (Lipinski definition) is 2. The molecule has 0 fully saturated rings. The molecule has 0 aliphatic carbocycles. The molecule has 0 saturated heterocycles. The van der Waals surface area contributed by atoms with Gasteiger partial charge < -0.3 is 36.6 Å². The molecule has 0 saturated carbocycles. The van der Waals surface area contributed by atoms with Gasteiger partial charge in [-0.1, -0.05) is 78.9 Å². The third-order valence-electron chi connectivity index (χ3n) is 8.40. The Morgan fingerprint density at radius 2 is 1.33 bits per heavy atom. The van der Waals surface area contributed by atoms with Crippen molar-refractivity contribution in [3.63, 3.8) is 0 Å². The molecule has 6 nitrogen and oxygen atoms in total. The highest BCUT2D eigenvalue weighted by Crippen LogP contribution is 2.56. The fourth-order valence-electron chi connectivity index (χ4n) is 6.09. The molecule has 0 atom stereocenters. The van der Waals surface area contributed by atoms with Crippen LogP contribution in [-0.2, 0) is 6.42 Å². The number of unbranched alkanes of at least 4 members (excludes halogenated alkanes) is 1. The highest BCUT2D eigenvalue weighted by molar-refractivity contribution is 7.95. The molecule has 1 amide bonds. The molecule has 0 bridgehead atoms. The van der Waals surface area contributed by atoms with E-state index in [1.165, 1.54) is 39.7 Å². The Morgan fingerprint density at radius 1 is 0.771 bits per heavy atom. The van der Waals surface area contributed by atoms with Gasteiger partial charge in [-0.15, -0.1) is 0 Å². The third kappa shape index (κ3) is 7.38. The van der Waals surface area contributed by atoms with Gasteiger partial charge in [0.25, 0.3) is 0 Å². The first-order valence-corrected chi connectivity index (χ1v) is 17.9. The lowest BCUT2D eigenvalue weighted by molar-refractivity contribution is -0.0000153. The SMILES string of the molecule is CCNC(=O)Oc1ccc2c(=O)cc(-c3ccc(CCCC[P+](c4ccccc4)(c4ccccc4)c4ccccc4)cc3)oc2c1O.[Br-]. The van der Waals surface area contributed by atoms with Crippen molar-refractivity contribution >= 4 is 40.2 Å². The largest absolute Gasteiger partial charge is 1.00 e. The van der Waals surface area contributed by atoms with Gasteiger partial charge in [-0.3, -0.25) is 4.79 Å². The first-order valence-electron chi connectivity index (χ1n) is 15.9. The number of benzene rings is 5. The van der Waals surface area contributed by atoms with Crippen LogP contribution in [0.3, 0.4) is 0 Å². The Labute approximate surface area is 291 Å². The quantitative estimate of drug-likeness (QED) is 0.151. The number of rotatable bonds is 11. The molecule has 244 valence electrons. The summed E-state index contributed by atoms with van der Waals surface area (Å²) < 4.78 is 11.2. The van der Waals surface area contributed by atoms with Crippen molar-refractivity contribution in [1.29, 1.82) is 0 Å². The van der Waals surface area contributed by atoms with Gasteiger partial charge in [0.05, 0.1) is 11.5 Å². The number of phenolic OH excluding ortho intramolecular Hbond substituents is 1. The molecule has 5 aromatic carbocycles. The van der Waals surface area contributed by atoms with Gasteiger partial charge in [0, 0.05) is 18.2 Å². The van der Waals surface area contributed by atoms with E-state index in [1.54, 1.807) is 6.92 Å². The minimum absolute atomic E-state index is 0. The van der Waals surface area contributed by atoms with Crippen molar-refractivity contribution in [2.75, 3.05) is 12.7 Å². The molecular weight excluding hydrogens is 685 g/mol. The van der Waals surface area contributed by atoms with Crippen LogP contribution in [0.4, 0.5) is 4.79 Å². The van der Waals surface area contributed by atoms with Crippen LogP contribution in [0.1, 0.15) is 25.3 Å². The van der Waals surface area contributed by atoms with Gasteiger partial charge in [0.1, 0.15) is 28.9 Å². The van der Waals surface area contributed by atoms with Crippen molar-refractivity contribution in [1.82, 2.24) is 5.32 Å². The zero-order valence-corrected chi connectivity index (χ0v) is 29.1. The maximum atomic E-state index is 12.9. The first kappa shape index (κ1) is 34.6. The molecule has 8 heteroatoms. The number of aromatic hydroxyl groups is 1. The summed E-state index contributed by atoms with van der Waals surface area (Å²) in [6.07, 6.45) is 3.38. The number of carbonyl (C=O) groups excluding carboxylic acids is 1. The molecule has 0 radical (unpaired) electrons. The molecular formula is C40H37BrNO5P. The summed E-state index contributed by atoms with van der Waals surface area (Å²) in [7, 11) is -1.86. The van der Waals surface area contributed by atoms with Gasteiger partial charge >= 0.3 is 6.09 Å². The second-order valence-electron chi connectivity index (χ2n) is 11.4. The van der Waals surface area contributed by atoms with E-state index in [9.17, 15) is 14.7 Å². The summed E-state index contributed by atoms with van der Waals surface area (Å²) in [6.45, 7) is 2.13. The van der Waals surface area contributed by atoms with Crippen LogP contribution in [0.2, 0.25) is 0 Å². The smallest absolute Gasteiger partial charge is 0.412 e. The van der Waals surface area contributed by atoms with Gasteiger partial charge in [0.15, 0.2) is 16.8 Å². The monoisotopic (exact) mass is 721 g/mol. The molecule has 0 spiro atoms. The van der Waals surface area contributed by atoms with Gasteiger partial charge in [-0.25, -0.2) is 4.79 Å². The number of hydrogen-bond acceptors (Lipinski definition) is 5. The van der Waals surface area contributed by atoms with Crippen LogP contribution in [-0.4, -0.2) is 23.9 Å². The fraction of sp³-hybridized carbons (Fsp3) is 0.150. The van der Waals surface area contributed by atoms with Crippen LogP contribution in [0.15, 0.2) is 143 Å². The zero-order chi connectivity index (χ0) is 32.6. The summed E-state index contributed by atoms with van der Waals surface area (Å²) in [6, 6.07) is 45.1. The molecule has 48 heavy (non-hydrogen) atoms. The van der Waals surface area contributed by atoms with Crippen molar-refractivity contribution < 1.29 is 36.0 Å². The van der Waals surface area contributed by atoms with Crippen LogP contribution >= 0.6 is 7.26 Å². The fourth-order valence-corrected chi connectivity index (χ4v) is 10.5. The van der Waals surface area contributed by atoms with Crippen molar-refractivity contribution in [2.45, 2.75) is 26.2 Å². The Hall–Kier alpha value is -4.71. The highest BCUT2D eigenvalue weighted by Gasteiger charge is 2.44. The Bertz CT molecular complexity index is 1920. The number of fused-ring (bicyclic) bond motifs is 1. The van der Waals surface area contributed by atoms with Crippen LogP contribution < -0.4 is 48.4 Å². The van der Waals surface area contributed by atoms with Crippen molar-refractivity contribution in [2.24, 2.45) is 0 Å². The van der Waals surface area contributed by atoms with Gasteiger partial charge in [-0.2, -0.15) is 0 Å². The minimum Gasteiger partial charge on any atom is -1.00 e. The summed E-state index contributed by atoms with van der Waals surface area (Å²) in [5.74, 6) is -0.162. The van der Waals surface area contributed by atoms with E-state index in [-0.39, 0.29) is 39.1 Å². The maximum Gasteiger partial charge on any atom is 0.412 e. The average Bonchev–Trinajstić information content (AvgIpc) is 3.11. The molecule has 2 N–H and O–H groups in total. The van der Waals surface area contributed by atoms with Gasteiger partial charge in [0.2, 0.25) is 5.75 Å². The standard InChI is InChI=1S/C40H36NO5P.BrH/c1-2-41-40(44)46-36-26-25-34-35(42)28-37(45-39(34)38(36)43)30-23-21-29(22-24-30)14-12-13-27-47(31-15-6-3-7-16-31,32-17-8-4-9-18-32)33-19-10-5-11-20-33;/h3-11,15-26,28H,2,12-14,27H2,1H3,(H-,41,43,44);1H. The van der Waals surface area contributed by atoms with E-state index in [0.717, 1.165) is 25.4 Å². The number of halogens is 1. The summed E-state index contributed by atoms with van der Waals surface area (Å²) >= 11 is 0. The predicted molar refractivity (Wildman–Crippen MR) is 192 cm³/mol. The van der Waals surface area contributed by atoms with E-state index in [2.05, 4.69) is 108 Å². The third-order valence-corrected chi connectivity index (χ3v) is 12.9. The molecule has 1 heterocycles. The van der Waals surface area contributed by atoms with E-state index < -0.39 is 19.1 Å². The van der Waals surface area contributed by atoms with E-state index >= 15 is 0 Å². The summed E-state index contributed by atoms with van der Waals surface area (Å²) in [4.78, 5) is 24.8. The predicted octanol–water partition coefficient (Wildman–Crippen LogP) is 4.59. The average molecular weight is 723 g/mol. The van der Waals surface area contributed by atoms with Crippen LogP contribution in [0.5, 0.6) is 11.5 Å². The minimum atomic E-state index is -1.86. The number of carbonyl (C=O) groups is 1. The molecule has 0 aliphatic rings. The van der Waals surface area contributed by atoms with Crippen molar-refractivity contribution in [3.05, 3.63) is 149 Å².